The Morgan fingerprint density at radius 1 is 0.553 bits per heavy atom. The van der Waals surface area contributed by atoms with Gasteiger partial charge in [0.05, 0.1) is 11.4 Å². The molecule has 0 aliphatic rings. The van der Waals surface area contributed by atoms with E-state index >= 15 is 0 Å². The van der Waals surface area contributed by atoms with Gasteiger partial charge in [-0.25, -0.2) is 9.97 Å². The molecular weight excluding hydrogens is 484 g/mol. The SMILES string of the molecule is c1ccc(-c2cccc(N(c3ccccc3)c3cccc(-c4cccc5c4sc4ccncc45)n3)n2)cc1. The smallest absolute Gasteiger partial charge is 0.139 e. The molecule has 4 heterocycles. The van der Waals surface area contributed by atoms with Crippen LogP contribution in [0.5, 0.6) is 0 Å². The lowest BCUT2D eigenvalue weighted by Gasteiger charge is -2.24. The van der Waals surface area contributed by atoms with Crippen molar-refractivity contribution >= 4 is 48.8 Å². The van der Waals surface area contributed by atoms with Gasteiger partial charge in [-0.2, -0.15) is 0 Å². The Balaban J connectivity index is 1.39. The Kier molecular flexibility index (Phi) is 5.61. The first-order chi connectivity index (χ1) is 18.8. The van der Waals surface area contributed by atoms with Gasteiger partial charge >= 0.3 is 0 Å². The van der Waals surface area contributed by atoms with Gasteiger partial charge in [0.1, 0.15) is 11.6 Å². The largest absolute Gasteiger partial charge is 0.279 e. The summed E-state index contributed by atoms with van der Waals surface area (Å²) in [5.41, 5.74) is 5.04. The van der Waals surface area contributed by atoms with Gasteiger partial charge in [-0.05, 0) is 42.5 Å². The Hall–Kier alpha value is -4.87. The van der Waals surface area contributed by atoms with E-state index in [9.17, 15) is 0 Å². The summed E-state index contributed by atoms with van der Waals surface area (Å²) in [6.07, 6.45) is 3.80. The van der Waals surface area contributed by atoms with E-state index in [-0.39, 0.29) is 0 Å². The van der Waals surface area contributed by atoms with Crippen molar-refractivity contribution in [2.45, 2.75) is 0 Å². The Morgan fingerprint density at radius 3 is 2.03 bits per heavy atom. The molecule has 0 saturated heterocycles. The summed E-state index contributed by atoms with van der Waals surface area (Å²) in [4.78, 5) is 16.7. The third kappa shape index (κ3) is 3.99. The summed E-state index contributed by atoms with van der Waals surface area (Å²) in [5.74, 6) is 1.62. The van der Waals surface area contributed by atoms with Crippen LogP contribution in [0.4, 0.5) is 17.3 Å². The summed E-state index contributed by atoms with van der Waals surface area (Å²) in [6.45, 7) is 0. The van der Waals surface area contributed by atoms with Crippen LogP contribution >= 0.6 is 11.3 Å². The molecule has 5 heteroatoms. The Morgan fingerprint density at radius 2 is 1.24 bits per heavy atom. The van der Waals surface area contributed by atoms with Gasteiger partial charge in [-0.1, -0.05) is 78.9 Å². The summed E-state index contributed by atoms with van der Waals surface area (Å²) >= 11 is 1.78. The molecule has 0 aliphatic carbocycles. The molecule has 3 aromatic carbocycles. The fourth-order valence-electron chi connectivity index (χ4n) is 4.82. The summed E-state index contributed by atoms with van der Waals surface area (Å²) in [5, 5.41) is 2.39. The molecule has 0 aliphatic heterocycles. The third-order valence-electron chi connectivity index (χ3n) is 6.59. The number of fused-ring (bicyclic) bond motifs is 3. The number of para-hydroxylation sites is 1. The van der Waals surface area contributed by atoms with Crippen molar-refractivity contribution in [2.75, 3.05) is 4.90 Å². The van der Waals surface area contributed by atoms with E-state index in [4.69, 9.17) is 9.97 Å². The molecule has 0 bridgehead atoms. The zero-order valence-corrected chi connectivity index (χ0v) is 21.2. The summed E-state index contributed by atoms with van der Waals surface area (Å²) in [6, 6.07) is 41.4. The van der Waals surface area contributed by atoms with Crippen LogP contribution < -0.4 is 4.90 Å². The van der Waals surface area contributed by atoms with Crippen LogP contribution in [0.2, 0.25) is 0 Å². The molecule has 0 N–H and O–H groups in total. The first-order valence-electron chi connectivity index (χ1n) is 12.5. The normalized spacial score (nSPS) is 11.2. The minimum absolute atomic E-state index is 0.811. The zero-order valence-electron chi connectivity index (χ0n) is 20.4. The molecular formula is C33H22N4S. The van der Waals surface area contributed by atoms with Gasteiger partial charge in [-0.3, -0.25) is 9.88 Å². The molecule has 4 aromatic heterocycles. The summed E-state index contributed by atoms with van der Waals surface area (Å²) in [7, 11) is 0. The van der Waals surface area contributed by atoms with Crippen molar-refractivity contribution in [3.8, 4) is 22.5 Å². The number of thiophene rings is 1. The number of hydrogen-bond donors (Lipinski definition) is 0. The second kappa shape index (κ2) is 9.54. The van der Waals surface area contributed by atoms with Crippen LogP contribution in [-0.2, 0) is 0 Å². The van der Waals surface area contributed by atoms with Crippen LogP contribution in [0.3, 0.4) is 0 Å². The monoisotopic (exact) mass is 506 g/mol. The summed E-state index contributed by atoms with van der Waals surface area (Å²) < 4.78 is 2.45. The van der Waals surface area contributed by atoms with Crippen LogP contribution in [0.1, 0.15) is 0 Å². The standard InChI is InChI=1S/C33H22N4S/c1-3-10-23(11-4-1)28-16-8-18-31(35-28)37(24-12-5-2-6-13-24)32-19-9-17-29(36-32)26-15-7-14-25-27-22-34-21-20-30(27)38-33(25)26/h1-22H. The molecule has 0 atom stereocenters. The van der Waals surface area contributed by atoms with Crippen molar-refractivity contribution in [2.24, 2.45) is 0 Å². The maximum atomic E-state index is 5.20. The number of pyridine rings is 3. The highest BCUT2D eigenvalue weighted by atomic mass is 32.1. The molecule has 0 spiro atoms. The molecule has 4 nitrogen and oxygen atoms in total. The van der Waals surface area contributed by atoms with Gasteiger partial charge in [-0.15, -0.1) is 11.3 Å². The molecule has 38 heavy (non-hydrogen) atoms. The predicted octanol–water partition coefficient (Wildman–Crippen LogP) is 9.04. The Bertz CT molecular complexity index is 1880. The van der Waals surface area contributed by atoms with Gasteiger partial charge < -0.3 is 0 Å². The molecule has 0 fully saturated rings. The van der Waals surface area contributed by atoms with Crippen LogP contribution in [-0.4, -0.2) is 15.0 Å². The second-order valence-electron chi connectivity index (χ2n) is 8.96. The fourth-order valence-corrected chi connectivity index (χ4v) is 6.01. The van der Waals surface area contributed by atoms with E-state index < -0.39 is 0 Å². The average molecular weight is 507 g/mol. The van der Waals surface area contributed by atoms with Crippen LogP contribution in [0.25, 0.3) is 42.7 Å². The number of benzene rings is 3. The topological polar surface area (TPSA) is 41.9 Å². The van der Waals surface area contributed by atoms with Crippen molar-refractivity contribution in [1.29, 1.82) is 0 Å². The van der Waals surface area contributed by atoms with Crippen molar-refractivity contribution < 1.29 is 0 Å². The van der Waals surface area contributed by atoms with Gasteiger partial charge in [0, 0.05) is 49.4 Å². The van der Waals surface area contributed by atoms with Gasteiger partial charge in [0.25, 0.3) is 0 Å². The average Bonchev–Trinajstić information content (AvgIpc) is 3.38. The number of hydrogen-bond acceptors (Lipinski definition) is 5. The maximum absolute atomic E-state index is 5.20. The lowest BCUT2D eigenvalue weighted by Crippen LogP contribution is -2.13. The van der Waals surface area contributed by atoms with E-state index in [2.05, 4.69) is 76.6 Å². The fraction of sp³-hybridized carbons (Fsp3) is 0. The molecule has 7 aromatic rings. The van der Waals surface area contributed by atoms with Gasteiger partial charge in [0.2, 0.25) is 0 Å². The lowest BCUT2D eigenvalue weighted by molar-refractivity contribution is 1.13. The molecule has 0 amide bonds. The van der Waals surface area contributed by atoms with Gasteiger partial charge in [0.15, 0.2) is 0 Å². The number of aromatic nitrogens is 3. The predicted molar refractivity (Wildman–Crippen MR) is 158 cm³/mol. The highest BCUT2D eigenvalue weighted by Gasteiger charge is 2.18. The minimum atomic E-state index is 0.811. The van der Waals surface area contributed by atoms with E-state index in [0.717, 1.165) is 39.8 Å². The van der Waals surface area contributed by atoms with Crippen LogP contribution in [0, 0.1) is 0 Å². The zero-order chi connectivity index (χ0) is 25.3. The molecule has 7 rings (SSSR count). The van der Waals surface area contributed by atoms with E-state index in [0.29, 0.717) is 0 Å². The first-order valence-corrected chi connectivity index (χ1v) is 13.3. The highest BCUT2D eigenvalue weighted by Crippen LogP contribution is 2.40. The first kappa shape index (κ1) is 22.3. The number of nitrogens with zero attached hydrogens (tertiary/aromatic N) is 4. The molecule has 0 unspecified atom stereocenters. The van der Waals surface area contributed by atoms with Crippen molar-refractivity contribution in [3.63, 3.8) is 0 Å². The van der Waals surface area contributed by atoms with Crippen LogP contribution in [0.15, 0.2) is 134 Å². The number of anilines is 3. The van der Waals surface area contributed by atoms with E-state index in [1.165, 1.54) is 20.2 Å². The molecule has 180 valence electrons. The van der Waals surface area contributed by atoms with Crippen molar-refractivity contribution in [3.05, 3.63) is 134 Å². The van der Waals surface area contributed by atoms with Crippen molar-refractivity contribution in [1.82, 2.24) is 15.0 Å². The molecule has 0 saturated carbocycles. The lowest BCUT2D eigenvalue weighted by atomic mass is 10.1. The Labute approximate surface area is 224 Å². The minimum Gasteiger partial charge on any atom is -0.279 e. The quantitative estimate of drug-likeness (QED) is 0.233. The second-order valence-corrected chi connectivity index (χ2v) is 10.0. The molecule has 0 radical (unpaired) electrons. The maximum Gasteiger partial charge on any atom is 0.139 e. The van der Waals surface area contributed by atoms with E-state index in [1.807, 2.05) is 67.0 Å². The highest BCUT2D eigenvalue weighted by molar-refractivity contribution is 7.26. The number of rotatable bonds is 5. The third-order valence-corrected chi connectivity index (χ3v) is 7.81. The van der Waals surface area contributed by atoms with E-state index in [1.54, 1.807) is 11.3 Å².